The van der Waals surface area contributed by atoms with Gasteiger partial charge in [0.1, 0.15) is 5.75 Å². The first-order chi connectivity index (χ1) is 8.11. The minimum Gasteiger partial charge on any atom is -0.496 e. The number of halogens is 1. The highest BCUT2D eigenvalue weighted by molar-refractivity contribution is 6.30. The summed E-state index contributed by atoms with van der Waals surface area (Å²) in [5.41, 5.74) is 9.07. The Bertz CT molecular complexity index is 555. The second-order valence-electron chi connectivity index (χ2n) is 3.77. The molecule has 0 spiro atoms. The maximum atomic E-state index is 5.99. The van der Waals surface area contributed by atoms with E-state index in [1.165, 1.54) is 0 Å². The predicted molar refractivity (Wildman–Crippen MR) is 70.4 cm³/mol. The SMILES string of the molecule is COc1ccc(Cl)cc1-c1cc(C)c(N)cn1. The molecule has 0 amide bonds. The number of nitrogens with zero attached hydrogens (tertiary/aromatic N) is 1. The van der Waals surface area contributed by atoms with Gasteiger partial charge in [0.2, 0.25) is 0 Å². The molecule has 0 aliphatic carbocycles. The van der Waals surface area contributed by atoms with Crippen LogP contribution in [0.2, 0.25) is 5.02 Å². The molecule has 4 heteroatoms. The van der Waals surface area contributed by atoms with Crippen LogP contribution in [0.25, 0.3) is 11.3 Å². The van der Waals surface area contributed by atoms with Crippen molar-refractivity contribution in [1.82, 2.24) is 4.98 Å². The molecule has 17 heavy (non-hydrogen) atoms. The van der Waals surface area contributed by atoms with Gasteiger partial charge in [0, 0.05) is 10.6 Å². The molecule has 2 aromatic rings. The quantitative estimate of drug-likeness (QED) is 0.887. The molecule has 0 unspecified atom stereocenters. The van der Waals surface area contributed by atoms with Crippen LogP contribution in [0.5, 0.6) is 5.75 Å². The van der Waals surface area contributed by atoms with E-state index in [4.69, 9.17) is 22.1 Å². The van der Waals surface area contributed by atoms with Crippen LogP contribution < -0.4 is 10.5 Å². The third-order valence-electron chi connectivity index (χ3n) is 2.59. The number of anilines is 1. The fourth-order valence-electron chi connectivity index (χ4n) is 1.59. The second-order valence-corrected chi connectivity index (χ2v) is 4.21. The Balaban J connectivity index is 2.58. The highest BCUT2D eigenvalue weighted by Crippen LogP contribution is 2.32. The maximum Gasteiger partial charge on any atom is 0.128 e. The topological polar surface area (TPSA) is 48.1 Å². The van der Waals surface area contributed by atoms with Crippen molar-refractivity contribution in [3.05, 3.63) is 41.0 Å². The lowest BCUT2D eigenvalue weighted by Gasteiger charge is -2.09. The minimum absolute atomic E-state index is 0.650. The number of nitrogen functional groups attached to an aromatic ring is 1. The van der Waals surface area contributed by atoms with Crippen molar-refractivity contribution in [3.8, 4) is 17.0 Å². The van der Waals surface area contributed by atoms with Crippen LogP contribution in [0.15, 0.2) is 30.5 Å². The summed E-state index contributed by atoms with van der Waals surface area (Å²) in [4.78, 5) is 4.30. The summed E-state index contributed by atoms with van der Waals surface area (Å²) in [5, 5.41) is 0.650. The van der Waals surface area contributed by atoms with Crippen molar-refractivity contribution in [2.75, 3.05) is 12.8 Å². The van der Waals surface area contributed by atoms with Gasteiger partial charge in [0.15, 0.2) is 0 Å². The molecule has 88 valence electrons. The highest BCUT2D eigenvalue weighted by Gasteiger charge is 2.08. The van der Waals surface area contributed by atoms with Crippen LogP contribution in [-0.2, 0) is 0 Å². The Morgan fingerprint density at radius 1 is 1.29 bits per heavy atom. The molecule has 0 fully saturated rings. The second kappa shape index (κ2) is 4.63. The van der Waals surface area contributed by atoms with Gasteiger partial charge in [-0.3, -0.25) is 4.98 Å². The Labute approximate surface area is 105 Å². The van der Waals surface area contributed by atoms with Crippen molar-refractivity contribution in [3.63, 3.8) is 0 Å². The van der Waals surface area contributed by atoms with E-state index in [2.05, 4.69) is 4.98 Å². The van der Waals surface area contributed by atoms with Crippen LogP contribution in [0.3, 0.4) is 0 Å². The first-order valence-electron chi connectivity index (χ1n) is 5.18. The van der Waals surface area contributed by atoms with E-state index in [9.17, 15) is 0 Å². The van der Waals surface area contributed by atoms with Gasteiger partial charge in [-0.25, -0.2) is 0 Å². The molecular formula is C13H13ClN2O. The van der Waals surface area contributed by atoms with Crippen molar-refractivity contribution in [2.45, 2.75) is 6.92 Å². The smallest absolute Gasteiger partial charge is 0.128 e. The summed E-state index contributed by atoms with van der Waals surface area (Å²) in [6.07, 6.45) is 1.64. The first kappa shape index (κ1) is 11.7. The van der Waals surface area contributed by atoms with Crippen LogP contribution >= 0.6 is 11.6 Å². The molecule has 0 aliphatic rings. The Kier molecular flexibility index (Phi) is 3.20. The normalized spacial score (nSPS) is 10.3. The standard InChI is InChI=1S/C13H13ClN2O/c1-8-5-12(16-7-11(8)15)10-6-9(14)3-4-13(10)17-2/h3-7H,15H2,1-2H3. The fraction of sp³-hybridized carbons (Fsp3) is 0.154. The van der Waals surface area contributed by atoms with Gasteiger partial charge in [0.05, 0.1) is 24.7 Å². The van der Waals surface area contributed by atoms with E-state index in [0.29, 0.717) is 10.7 Å². The molecule has 1 aromatic carbocycles. The Hall–Kier alpha value is -1.74. The lowest BCUT2D eigenvalue weighted by atomic mass is 10.1. The molecule has 2 rings (SSSR count). The molecule has 2 N–H and O–H groups in total. The predicted octanol–water partition coefficient (Wildman–Crippen LogP) is 3.30. The van der Waals surface area contributed by atoms with Gasteiger partial charge in [-0.15, -0.1) is 0 Å². The van der Waals surface area contributed by atoms with Crippen molar-refractivity contribution in [2.24, 2.45) is 0 Å². The van der Waals surface area contributed by atoms with Crippen molar-refractivity contribution >= 4 is 17.3 Å². The molecule has 0 bridgehead atoms. The van der Waals surface area contributed by atoms with Crippen LogP contribution in [0, 0.1) is 6.92 Å². The van der Waals surface area contributed by atoms with Gasteiger partial charge >= 0.3 is 0 Å². The molecule has 0 aliphatic heterocycles. The molecule has 0 saturated carbocycles. The van der Waals surface area contributed by atoms with Gasteiger partial charge in [-0.1, -0.05) is 11.6 Å². The van der Waals surface area contributed by atoms with E-state index in [1.807, 2.05) is 25.1 Å². The molecule has 3 nitrogen and oxygen atoms in total. The highest BCUT2D eigenvalue weighted by atomic mass is 35.5. The largest absolute Gasteiger partial charge is 0.496 e. The molecule has 0 atom stereocenters. The number of methoxy groups -OCH3 is 1. The van der Waals surface area contributed by atoms with Crippen LogP contribution in [0.1, 0.15) is 5.56 Å². The zero-order valence-corrected chi connectivity index (χ0v) is 10.5. The number of benzene rings is 1. The van der Waals surface area contributed by atoms with Gasteiger partial charge in [-0.2, -0.15) is 0 Å². The number of nitrogens with two attached hydrogens (primary N) is 1. The summed E-state index contributed by atoms with van der Waals surface area (Å²) in [6, 6.07) is 7.36. The van der Waals surface area contributed by atoms with Gasteiger partial charge in [0.25, 0.3) is 0 Å². The summed E-state index contributed by atoms with van der Waals surface area (Å²) in [7, 11) is 1.62. The first-order valence-corrected chi connectivity index (χ1v) is 5.55. The van der Waals surface area contributed by atoms with E-state index in [1.54, 1.807) is 19.4 Å². The van der Waals surface area contributed by atoms with E-state index < -0.39 is 0 Å². The number of ether oxygens (including phenoxy) is 1. The number of aromatic nitrogens is 1. The fourth-order valence-corrected chi connectivity index (χ4v) is 1.77. The lowest BCUT2D eigenvalue weighted by molar-refractivity contribution is 0.416. The monoisotopic (exact) mass is 248 g/mol. The number of aryl methyl sites for hydroxylation is 1. The van der Waals surface area contributed by atoms with Crippen LogP contribution in [0.4, 0.5) is 5.69 Å². The molecule has 0 saturated heterocycles. The van der Waals surface area contributed by atoms with Gasteiger partial charge < -0.3 is 10.5 Å². The molecular weight excluding hydrogens is 236 g/mol. The summed E-state index contributed by atoms with van der Waals surface area (Å²) in [6.45, 7) is 1.94. The summed E-state index contributed by atoms with van der Waals surface area (Å²) < 4.78 is 5.29. The number of pyridine rings is 1. The third kappa shape index (κ3) is 2.34. The maximum absolute atomic E-state index is 5.99. The molecule has 1 aromatic heterocycles. The van der Waals surface area contributed by atoms with Crippen molar-refractivity contribution in [1.29, 1.82) is 0 Å². The Morgan fingerprint density at radius 3 is 2.71 bits per heavy atom. The zero-order valence-electron chi connectivity index (χ0n) is 9.70. The molecule has 0 radical (unpaired) electrons. The third-order valence-corrected chi connectivity index (χ3v) is 2.82. The minimum atomic E-state index is 0.650. The number of hydrogen-bond acceptors (Lipinski definition) is 3. The van der Waals surface area contributed by atoms with E-state index >= 15 is 0 Å². The summed E-state index contributed by atoms with van der Waals surface area (Å²) >= 11 is 5.99. The lowest BCUT2D eigenvalue weighted by Crippen LogP contribution is -1.94. The summed E-state index contributed by atoms with van der Waals surface area (Å²) in [5.74, 6) is 0.742. The van der Waals surface area contributed by atoms with E-state index in [-0.39, 0.29) is 0 Å². The zero-order chi connectivity index (χ0) is 12.4. The van der Waals surface area contributed by atoms with Gasteiger partial charge in [-0.05, 0) is 36.8 Å². The van der Waals surface area contributed by atoms with E-state index in [0.717, 1.165) is 22.6 Å². The van der Waals surface area contributed by atoms with Crippen LogP contribution in [-0.4, -0.2) is 12.1 Å². The molecule has 1 heterocycles. The van der Waals surface area contributed by atoms with Crippen molar-refractivity contribution < 1.29 is 4.74 Å². The Morgan fingerprint density at radius 2 is 2.06 bits per heavy atom. The number of rotatable bonds is 2. The number of hydrogen-bond donors (Lipinski definition) is 1. The average molecular weight is 249 g/mol. The average Bonchev–Trinajstić information content (AvgIpc) is 2.32.